The van der Waals surface area contributed by atoms with Crippen LogP contribution in [-0.2, 0) is 4.74 Å². The fraction of sp³-hybridized carbons (Fsp3) is 0.467. The van der Waals surface area contributed by atoms with E-state index >= 15 is 0 Å². The summed E-state index contributed by atoms with van der Waals surface area (Å²) in [4.78, 5) is 13.0. The second-order valence-corrected chi connectivity index (χ2v) is 4.77. The average Bonchev–Trinajstić information content (AvgIpc) is 2.86. The lowest BCUT2D eigenvalue weighted by Gasteiger charge is -2.13. The summed E-state index contributed by atoms with van der Waals surface area (Å²) in [7, 11) is 0. The number of rotatable bonds is 7. The van der Waals surface area contributed by atoms with Crippen molar-refractivity contribution in [2.24, 2.45) is 5.16 Å². The van der Waals surface area contributed by atoms with Crippen molar-refractivity contribution in [3.05, 3.63) is 35.1 Å². The minimum Gasteiger partial charge on any atom is -0.499 e. The lowest BCUT2D eigenvalue weighted by atomic mass is 10.1. The smallest absolute Gasteiger partial charge is 0.317 e. The Bertz CT molecular complexity index is 479. The summed E-state index contributed by atoms with van der Waals surface area (Å²) in [5.74, 6) is 0. The predicted molar refractivity (Wildman–Crippen MR) is 82.5 cm³/mol. The first-order valence-corrected chi connectivity index (χ1v) is 6.92. The van der Waals surface area contributed by atoms with E-state index in [0.29, 0.717) is 19.7 Å². The van der Waals surface area contributed by atoms with Crippen molar-refractivity contribution in [2.45, 2.75) is 20.8 Å². The maximum atomic E-state index is 11.3. The van der Waals surface area contributed by atoms with Gasteiger partial charge in [-0.05, 0) is 37.5 Å². The Labute approximate surface area is 125 Å². The molecule has 0 aromatic rings. The van der Waals surface area contributed by atoms with Crippen LogP contribution in [-0.4, -0.2) is 48.6 Å². The van der Waals surface area contributed by atoms with Gasteiger partial charge in [-0.3, -0.25) is 0 Å². The summed E-state index contributed by atoms with van der Waals surface area (Å²) >= 11 is 0. The van der Waals surface area contributed by atoms with Crippen molar-refractivity contribution < 1.29 is 14.7 Å². The lowest BCUT2D eigenvalue weighted by Crippen LogP contribution is -2.30. The zero-order chi connectivity index (χ0) is 15.7. The number of ether oxygens (including phenoxy) is 1. The van der Waals surface area contributed by atoms with E-state index < -0.39 is 0 Å². The number of urea groups is 1. The summed E-state index contributed by atoms with van der Waals surface area (Å²) < 4.78 is 5.45. The van der Waals surface area contributed by atoms with E-state index in [-0.39, 0.29) is 6.03 Å². The van der Waals surface area contributed by atoms with Crippen molar-refractivity contribution in [2.75, 3.05) is 26.2 Å². The lowest BCUT2D eigenvalue weighted by molar-refractivity contribution is 0.185. The Morgan fingerprint density at radius 1 is 1.52 bits per heavy atom. The number of hydrogen-bond donors (Lipinski definition) is 2. The van der Waals surface area contributed by atoms with Gasteiger partial charge in [-0.25, -0.2) is 4.79 Å². The van der Waals surface area contributed by atoms with Gasteiger partial charge in [-0.2, -0.15) is 0 Å². The van der Waals surface area contributed by atoms with E-state index in [2.05, 4.69) is 10.5 Å². The largest absolute Gasteiger partial charge is 0.499 e. The molecule has 0 saturated carbocycles. The molecule has 6 nitrogen and oxygen atoms in total. The molecule has 21 heavy (non-hydrogen) atoms. The minimum atomic E-state index is -0.0314. The third-order valence-electron chi connectivity index (χ3n) is 3.10. The van der Waals surface area contributed by atoms with E-state index in [1.54, 1.807) is 11.2 Å². The second-order valence-electron chi connectivity index (χ2n) is 4.77. The summed E-state index contributed by atoms with van der Waals surface area (Å²) in [5, 5.41) is 14.4. The molecule has 0 aliphatic carbocycles. The third kappa shape index (κ3) is 5.72. The first-order chi connectivity index (χ1) is 10.1. The average molecular weight is 293 g/mol. The molecule has 6 heteroatoms. The van der Waals surface area contributed by atoms with Crippen molar-refractivity contribution in [3.8, 4) is 0 Å². The van der Waals surface area contributed by atoms with Gasteiger partial charge in [0.25, 0.3) is 0 Å². The maximum Gasteiger partial charge on any atom is 0.317 e. The molecule has 2 amide bonds. The third-order valence-corrected chi connectivity index (χ3v) is 3.10. The number of carbonyl (C=O) groups is 1. The first kappa shape index (κ1) is 16.8. The van der Waals surface area contributed by atoms with Crippen LogP contribution < -0.4 is 5.32 Å². The standard InChI is InChI=1S/C15H23N3O3/c1-4-14(10-17-20)13(3)9-12(2)11-21-8-7-18-6-5-16-15(18)19/h4,9-11,20H,5-8H2,1-3H3,(H,16,19)/b12-11+,13-9-,14-4+,17-10+. The molecule has 0 aromatic heterocycles. The number of hydrogen-bond acceptors (Lipinski definition) is 4. The summed E-state index contributed by atoms with van der Waals surface area (Å²) in [5.41, 5.74) is 2.77. The number of nitrogens with one attached hydrogen (secondary N) is 1. The molecule has 1 fully saturated rings. The van der Waals surface area contributed by atoms with Gasteiger partial charge in [0.1, 0.15) is 6.61 Å². The van der Waals surface area contributed by atoms with E-state index in [4.69, 9.17) is 9.94 Å². The fourth-order valence-electron chi connectivity index (χ4n) is 2.00. The number of amides is 2. The highest BCUT2D eigenvalue weighted by Gasteiger charge is 2.18. The Kier molecular flexibility index (Phi) is 7.08. The van der Waals surface area contributed by atoms with Gasteiger partial charge < -0.3 is 20.2 Å². The number of allylic oxidation sites excluding steroid dienone is 5. The van der Waals surface area contributed by atoms with Gasteiger partial charge in [0.15, 0.2) is 0 Å². The quantitative estimate of drug-likeness (QED) is 0.189. The molecule has 0 radical (unpaired) electrons. The molecular weight excluding hydrogens is 270 g/mol. The van der Waals surface area contributed by atoms with Gasteiger partial charge in [0, 0.05) is 13.1 Å². The van der Waals surface area contributed by atoms with Crippen LogP contribution in [0.3, 0.4) is 0 Å². The molecule has 1 rings (SSSR count). The number of carbonyl (C=O) groups excluding carboxylic acids is 1. The van der Waals surface area contributed by atoms with Gasteiger partial charge in [-0.1, -0.05) is 17.3 Å². The van der Waals surface area contributed by atoms with Crippen LogP contribution in [0.5, 0.6) is 0 Å². The van der Waals surface area contributed by atoms with Crippen LogP contribution in [0.15, 0.2) is 40.3 Å². The topological polar surface area (TPSA) is 74.2 Å². The monoisotopic (exact) mass is 293 g/mol. The molecule has 0 bridgehead atoms. The minimum absolute atomic E-state index is 0.0314. The molecular formula is C15H23N3O3. The van der Waals surface area contributed by atoms with E-state index in [1.165, 1.54) is 6.21 Å². The zero-order valence-corrected chi connectivity index (χ0v) is 12.8. The molecule has 116 valence electrons. The molecule has 1 aliphatic heterocycles. The first-order valence-electron chi connectivity index (χ1n) is 6.92. The van der Waals surface area contributed by atoms with Crippen molar-refractivity contribution in [1.82, 2.24) is 10.2 Å². The second kappa shape index (κ2) is 8.84. The van der Waals surface area contributed by atoms with Crippen molar-refractivity contribution in [3.63, 3.8) is 0 Å². The van der Waals surface area contributed by atoms with Crippen LogP contribution in [0.4, 0.5) is 4.79 Å². The van der Waals surface area contributed by atoms with Gasteiger partial charge in [-0.15, -0.1) is 0 Å². The molecule has 2 N–H and O–H groups in total. The molecule has 1 aliphatic rings. The Balaban J connectivity index is 2.43. The SMILES string of the molecule is C/C=C(\C=N\O)C(/C)=C\C(C)=C\OCCN1CCNC1=O. The van der Waals surface area contributed by atoms with E-state index in [0.717, 1.165) is 23.3 Å². The highest BCUT2D eigenvalue weighted by atomic mass is 16.5. The van der Waals surface area contributed by atoms with Crippen molar-refractivity contribution >= 4 is 12.2 Å². The van der Waals surface area contributed by atoms with Crippen LogP contribution in [0.25, 0.3) is 0 Å². The Morgan fingerprint density at radius 3 is 2.86 bits per heavy atom. The molecule has 0 unspecified atom stereocenters. The van der Waals surface area contributed by atoms with Gasteiger partial charge in [0.05, 0.1) is 19.0 Å². The predicted octanol–water partition coefficient (Wildman–Crippen LogP) is 2.28. The van der Waals surface area contributed by atoms with E-state index in [1.807, 2.05) is 32.9 Å². The number of nitrogens with zero attached hydrogens (tertiary/aromatic N) is 2. The molecule has 1 saturated heterocycles. The Morgan fingerprint density at radius 2 is 2.29 bits per heavy atom. The highest BCUT2D eigenvalue weighted by molar-refractivity contribution is 5.84. The van der Waals surface area contributed by atoms with Crippen LogP contribution in [0.1, 0.15) is 20.8 Å². The van der Waals surface area contributed by atoms with Gasteiger partial charge >= 0.3 is 6.03 Å². The van der Waals surface area contributed by atoms with E-state index in [9.17, 15) is 4.79 Å². The summed E-state index contributed by atoms with van der Waals surface area (Å²) in [6.45, 7) is 8.22. The summed E-state index contributed by atoms with van der Waals surface area (Å²) in [6, 6.07) is -0.0314. The fourth-order valence-corrected chi connectivity index (χ4v) is 2.00. The summed E-state index contributed by atoms with van der Waals surface area (Å²) in [6.07, 6.45) is 6.87. The number of oxime groups is 1. The van der Waals surface area contributed by atoms with Crippen LogP contribution in [0, 0.1) is 0 Å². The highest BCUT2D eigenvalue weighted by Crippen LogP contribution is 2.10. The maximum absolute atomic E-state index is 11.3. The molecule has 0 atom stereocenters. The molecule has 0 aromatic carbocycles. The van der Waals surface area contributed by atoms with Crippen LogP contribution >= 0.6 is 0 Å². The molecule has 0 spiro atoms. The van der Waals surface area contributed by atoms with Crippen LogP contribution in [0.2, 0.25) is 0 Å². The Hall–Kier alpha value is -2.24. The zero-order valence-electron chi connectivity index (χ0n) is 12.8. The molecule has 1 heterocycles. The van der Waals surface area contributed by atoms with Gasteiger partial charge in [0.2, 0.25) is 0 Å². The normalized spacial score (nSPS) is 17.6. The van der Waals surface area contributed by atoms with Crippen molar-refractivity contribution in [1.29, 1.82) is 0 Å².